The van der Waals surface area contributed by atoms with Crippen molar-refractivity contribution in [1.82, 2.24) is 4.98 Å². The number of aliphatic hydroxyl groups excluding tert-OH is 1. The first-order valence-corrected chi connectivity index (χ1v) is 17.7. The van der Waals surface area contributed by atoms with Crippen LogP contribution in [0.5, 0.6) is 0 Å². The topological polar surface area (TPSA) is 54.1 Å². The van der Waals surface area contributed by atoms with Crippen molar-refractivity contribution in [1.29, 1.82) is 0 Å². The van der Waals surface area contributed by atoms with Gasteiger partial charge in [-0.05, 0) is 66.3 Å². The summed E-state index contributed by atoms with van der Waals surface area (Å²) >= 11 is 1.74. The second-order valence-corrected chi connectivity index (χ2v) is 15.1. The van der Waals surface area contributed by atoms with Crippen LogP contribution in [-0.4, -0.2) is 15.9 Å². The minimum atomic E-state index is -0.337. The van der Waals surface area contributed by atoms with Crippen molar-refractivity contribution in [2.75, 3.05) is 0 Å². The molecule has 1 radical (unpaired) electrons. The largest absolute Gasteiger partial charge is 0.512 e. The van der Waals surface area contributed by atoms with Crippen LogP contribution in [0, 0.1) is 23.9 Å². The molecule has 0 aliphatic rings. The minimum absolute atomic E-state index is 0. The number of carbonyl (C=O) groups is 1. The van der Waals surface area contributed by atoms with Gasteiger partial charge in [0, 0.05) is 60.3 Å². The SMILES string of the molecule is CCC(C)(CC)C(=O)/C=C(\O)C(C)(CC)CC.[CH2-][n+]1ccc(-c2cc3sccc3cn2)cc1-c1[c-]c2ccccc2c(C(C)(C)C)c1.[Ir]. The first kappa shape index (κ1) is 39.1. The molecule has 0 bridgehead atoms. The summed E-state index contributed by atoms with van der Waals surface area (Å²) in [6.07, 6.45) is 8.71. The number of ketones is 1. The third kappa shape index (κ3) is 8.45. The van der Waals surface area contributed by atoms with Crippen molar-refractivity contribution in [3.63, 3.8) is 0 Å². The fourth-order valence-corrected chi connectivity index (χ4v) is 6.40. The van der Waals surface area contributed by atoms with Crippen LogP contribution in [0.25, 0.3) is 43.4 Å². The molecule has 257 valence electrons. The van der Waals surface area contributed by atoms with Gasteiger partial charge in [-0.1, -0.05) is 91.5 Å². The van der Waals surface area contributed by atoms with Gasteiger partial charge < -0.3 is 9.67 Å². The molecule has 5 rings (SSSR count). The third-order valence-electron chi connectivity index (χ3n) is 10.1. The molecule has 0 spiro atoms. The predicted molar refractivity (Wildman–Crippen MR) is 200 cm³/mol. The Morgan fingerprint density at radius 3 is 2.21 bits per heavy atom. The monoisotopic (exact) mass is 840 g/mol. The molecule has 0 atom stereocenters. The number of allylic oxidation sites excluding steroid dienone is 2. The Labute approximate surface area is 305 Å². The van der Waals surface area contributed by atoms with Gasteiger partial charge in [0.2, 0.25) is 0 Å². The molecule has 0 fully saturated rings. The smallest absolute Gasteiger partial charge is 0.164 e. The molecule has 1 N–H and O–H groups in total. The van der Waals surface area contributed by atoms with E-state index in [1.165, 1.54) is 27.1 Å². The van der Waals surface area contributed by atoms with Crippen LogP contribution in [0.15, 0.2) is 84.2 Å². The second kappa shape index (κ2) is 15.9. The first-order chi connectivity index (χ1) is 22.2. The molecule has 0 saturated carbocycles. The van der Waals surface area contributed by atoms with Gasteiger partial charge in [0.05, 0.1) is 11.9 Å². The number of pyridine rings is 2. The predicted octanol–water partition coefficient (Wildman–Crippen LogP) is 11.5. The minimum Gasteiger partial charge on any atom is -0.512 e. The average molecular weight is 840 g/mol. The van der Waals surface area contributed by atoms with Gasteiger partial charge in [-0.15, -0.1) is 40.5 Å². The van der Waals surface area contributed by atoms with Crippen LogP contribution < -0.4 is 4.57 Å². The Kier molecular flexibility index (Phi) is 13.0. The number of rotatable bonds is 9. The van der Waals surface area contributed by atoms with E-state index in [4.69, 9.17) is 0 Å². The van der Waals surface area contributed by atoms with Crippen LogP contribution in [0.2, 0.25) is 0 Å². The van der Waals surface area contributed by atoms with Crippen molar-refractivity contribution in [3.05, 3.63) is 103 Å². The number of aromatic nitrogens is 2. The van der Waals surface area contributed by atoms with Crippen molar-refractivity contribution in [2.24, 2.45) is 10.8 Å². The molecule has 0 unspecified atom stereocenters. The number of aliphatic hydroxyl groups is 1. The number of hydrogen-bond acceptors (Lipinski definition) is 4. The van der Waals surface area contributed by atoms with Gasteiger partial charge in [-0.3, -0.25) is 9.78 Å². The Morgan fingerprint density at radius 1 is 0.938 bits per heavy atom. The number of benzene rings is 2. The summed E-state index contributed by atoms with van der Waals surface area (Å²) in [4.78, 5) is 16.9. The van der Waals surface area contributed by atoms with E-state index >= 15 is 0 Å². The van der Waals surface area contributed by atoms with Crippen LogP contribution in [0.1, 0.15) is 93.6 Å². The van der Waals surface area contributed by atoms with Crippen LogP contribution in [-0.2, 0) is 30.3 Å². The number of fused-ring (bicyclic) bond motifs is 2. The molecule has 5 aromatic rings. The Morgan fingerprint density at radius 2 is 1.58 bits per heavy atom. The Hall–Kier alpha value is -3.31. The van der Waals surface area contributed by atoms with Crippen LogP contribution >= 0.6 is 11.3 Å². The molecule has 0 amide bonds. The van der Waals surface area contributed by atoms with Crippen molar-refractivity contribution in [3.8, 4) is 22.5 Å². The zero-order valence-electron chi connectivity index (χ0n) is 30.0. The fraction of sp³-hybridized carbons (Fsp3) is 0.381. The van der Waals surface area contributed by atoms with Gasteiger partial charge in [0.25, 0.3) is 0 Å². The number of carbonyl (C=O) groups excluding carboxylic acids is 1. The zero-order chi connectivity index (χ0) is 34.6. The molecule has 3 aromatic heterocycles. The summed E-state index contributed by atoms with van der Waals surface area (Å²) in [5, 5.41) is 15.8. The van der Waals surface area contributed by atoms with E-state index in [0.29, 0.717) is 0 Å². The average Bonchev–Trinajstić information content (AvgIpc) is 3.55. The summed E-state index contributed by atoms with van der Waals surface area (Å²) in [5.41, 5.74) is 4.87. The standard InChI is InChI=1S/C27H23N2S.C15H28O2.Ir/c1-27(2,3)23-14-21(13-18-7-5-6-8-22(18)23)25-15-19(9-11-29(25)4)24-16-26-20(17-28-24)10-12-30-26;1-7-14(5,8-2)12(16)11-13(17)15(6,9-3)10-4;/h5-12,14-17H,4H2,1-3H3;11,16H,7-10H2,1-6H3;/q-1;;/b;12-11-;. The molecule has 2 aromatic carbocycles. The summed E-state index contributed by atoms with van der Waals surface area (Å²) < 4.78 is 3.17. The number of thiophene rings is 1. The summed E-state index contributed by atoms with van der Waals surface area (Å²) in [6, 6.07) is 22.9. The maximum atomic E-state index is 12.2. The Balaban J connectivity index is 0.000000301. The maximum absolute atomic E-state index is 12.2. The van der Waals surface area contributed by atoms with E-state index < -0.39 is 0 Å². The number of hydrogen-bond donors (Lipinski definition) is 1. The summed E-state index contributed by atoms with van der Waals surface area (Å²) in [5.74, 6) is 0.286. The van der Waals surface area contributed by atoms with Crippen LogP contribution in [0.4, 0.5) is 0 Å². The van der Waals surface area contributed by atoms with Gasteiger partial charge in [0.15, 0.2) is 5.78 Å². The van der Waals surface area contributed by atoms with Crippen LogP contribution in [0.3, 0.4) is 0 Å². The van der Waals surface area contributed by atoms with Gasteiger partial charge in [-0.2, -0.15) is 0 Å². The molecule has 6 heteroatoms. The van der Waals surface area contributed by atoms with Gasteiger partial charge in [-0.25, -0.2) is 0 Å². The molecule has 0 saturated heterocycles. The summed E-state index contributed by atoms with van der Waals surface area (Å²) in [7, 11) is 4.22. The second-order valence-electron chi connectivity index (χ2n) is 14.1. The molecule has 0 aliphatic carbocycles. The first-order valence-electron chi connectivity index (χ1n) is 16.8. The van der Waals surface area contributed by atoms with E-state index in [2.05, 4.69) is 98.8 Å². The normalized spacial score (nSPS) is 12.4. The van der Waals surface area contributed by atoms with E-state index in [0.717, 1.165) is 53.6 Å². The molecular weight excluding hydrogens is 789 g/mol. The van der Waals surface area contributed by atoms with E-state index in [1.54, 1.807) is 11.3 Å². The Bertz CT molecular complexity index is 1890. The quantitative estimate of drug-likeness (QED) is 0.0696. The maximum Gasteiger partial charge on any atom is 0.164 e. The van der Waals surface area contributed by atoms with Gasteiger partial charge >= 0.3 is 0 Å². The van der Waals surface area contributed by atoms with Crippen molar-refractivity contribution in [2.45, 2.75) is 93.4 Å². The molecule has 4 nitrogen and oxygen atoms in total. The molecular formula is C42H51IrN2O2S-. The molecule has 48 heavy (non-hydrogen) atoms. The molecule has 0 aliphatic heterocycles. The third-order valence-corrected chi connectivity index (χ3v) is 11.0. The summed E-state index contributed by atoms with van der Waals surface area (Å²) in [6.45, 7) is 18.9. The number of nitrogens with zero attached hydrogens (tertiary/aromatic N) is 2. The van der Waals surface area contributed by atoms with Gasteiger partial charge in [0.1, 0.15) is 11.5 Å². The van der Waals surface area contributed by atoms with Crippen molar-refractivity contribution >= 4 is 38.0 Å². The van der Waals surface area contributed by atoms with E-state index in [1.807, 2.05) is 58.5 Å². The van der Waals surface area contributed by atoms with E-state index in [-0.39, 0.29) is 47.9 Å². The molecule has 3 heterocycles. The fourth-order valence-electron chi connectivity index (χ4n) is 5.61. The van der Waals surface area contributed by atoms with E-state index in [9.17, 15) is 9.90 Å². The van der Waals surface area contributed by atoms with Crippen molar-refractivity contribution < 1.29 is 34.6 Å². The zero-order valence-corrected chi connectivity index (χ0v) is 33.2.